The van der Waals surface area contributed by atoms with Crippen molar-refractivity contribution in [2.45, 2.75) is 46.1 Å². The molecule has 1 atom stereocenters. The number of hydrogen-bond acceptors (Lipinski definition) is 7. The summed E-state index contributed by atoms with van der Waals surface area (Å²) in [6.45, 7) is 10.8. The molecule has 5 aromatic rings. The van der Waals surface area contributed by atoms with Crippen molar-refractivity contribution in [3.8, 4) is 22.7 Å². The lowest BCUT2D eigenvalue weighted by Gasteiger charge is -2.25. The summed E-state index contributed by atoms with van der Waals surface area (Å²) in [6, 6.07) is 25.0. The second kappa shape index (κ2) is 12.4. The molecule has 0 saturated heterocycles. The van der Waals surface area contributed by atoms with Crippen molar-refractivity contribution in [3.05, 3.63) is 133 Å². The molecule has 9 heteroatoms. The third kappa shape index (κ3) is 5.86. The highest BCUT2D eigenvalue weighted by molar-refractivity contribution is 7.07. The van der Waals surface area contributed by atoms with E-state index in [1.807, 2.05) is 90.6 Å². The summed E-state index contributed by atoms with van der Waals surface area (Å²) >= 11 is 1.29. The van der Waals surface area contributed by atoms with Gasteiger partial charge in [-0.15, -0.1) is 0 Å². The fourth-order valence-electron chi connectivity index (χ4n) is 5.62. The lowest BCUT2D eigenvalue weighted by Crippen LogP contribution is -2.39. The molecule has 1 unspecified atom stereocenters. The van der Waals surface area contributed by atoms with Crippen molar-refractivity contribution in [3.63, 3.8) is 0 Å². The third-order valence-corrected chi connectivity index (χ3v) is 8.99. The number of rotatable bonds is 7. The number of carbonyl (C=O) groups excluding carboxylic acids is 1. The number of carbonyl (C=O) groups is 1. The molecule has 0 aliphatic carbocycles. The van der Waals surface area contributed by atoms with Gasteiger partial charge in [-0.2, -0.15) is 5.10 Å². The largest absolute Gasteiger partial charge is 0.494 e. The van der Waals surface area contributed by atoms with Crippen LogP contribution in [0.4, 0.5) is 0 Å². The van der Waals surface area contributed by atoms with E-state index in [4.69, 9.17) is 19.6 Å². The summed E-state index contributed by atoms with van der Waals surface area (Å²) < 4.78 is 14.7. The highest BCUT2D eigenvalue weighted by atomic mass is 32.1. The normalized spacial score (nSPS) is 15.0. The summed E-state index contributed by atoms with van der Waals surface area (Å²) in [5.41, 5.74) is 5.82. The Morgan fingerprint density at radius 3 is 2.33 bits per heavy atom. The van der Waals surface area contributed by atoms with Gasteiger partial charge in [0, 0.05) is 17.3 Å². The molecule has 234 valence electrons. The number of hydrogen-bond donors (Lipinski definition) is 0. The minimum atomic E-state index is -0.683. The first-order valence-electron chi connectivity index (χ1n) is 15.2. The van der Waals surface area contributed by atoms with Crippen LogP contribution < -0.4 is 19.6 Å². The van der Waals surface area contributed by atoms with Crippen LogP contribution in [0.5, 0.6) is 5.75 Å². The Hall–Kier alpha value is -5.02. The Morgan fingerprint density at radius 2 is 1.70 bits per heavy atom. The average molecular weight is 633 g/mol. The SMILES string of the molecule is CCOc1ccc(-c2nn(-c3ccccc3)cc2/C=c2\sc3n(c2=O)C(c2ccc(C(C)(C)C)cc2)C(C(=O)OC)=C(C)N=3)cc1. The number of methoxy groups -OCH3 is 1. The Kier molecular flexibility index (Phi) is 8.35. The van der Waals surface area contributed by atoms with E-state index >= 15 is 0 Å². The number of allylic oxidation sites excluding steroid dienone is 1. The Bertz CT molecular complexity index is 2110. The predicted octanol–water partition coefficient (Wildman–Crippen LogP) is 5.96. The molecule has 8 nitrogen and oxygen atoms in total. The highest BCUT2D eigenvalue weighted by Crippen LogP contribution is 2.32. The van der Waals surface area contributed by atoms with Crippen molar-refractivity contribution < 1.29 is 14.3 Å². The summed E-state index contributed by atoms with van der Waals surface area (Å²) in [5.74, 6) is 0.262. The highest BCUT2D eigenvalue weighted by Gasteiger charge is 2.33. The van der Waals surface area contributed by atoms with Crippen LogP contribution in [0.3, 0.4) is 0 Å². The van der Waals surface area contributed by atoms with Crippen LogP contribution in [0.25, 0.3) is 23.0 Å². The van der Waals surface area contributed by atoms with Crippen LogP contribution in [0, 0.1) is 0 Å². The number of nitrogens with zero attached hydrogens (tertiary/aromatic N) is 4. The Balaban J connectivity index is 1.53. The topological polar surface area (TPSA) is 87.7 Å². The van der Waals surface area contributed by atoms with Crippen molar-refractivity contribution in [1.82, 2.24) is 14.3 Å². The number of thiazole rings is 1. The molecule has 0 bridgehead atoms. The van der Waals surface area contributed by atoms with E-state index < -0.39 is 12.0 Å². The van der Waals surface area contributed by atoms with Crippen LogP contribution in [0.15, 0.2) is 106 Å². The maximum absolute atomic E-state index is 14.3. The van der Waals surface area contributed by atoms with Gasteiger partial charge < -0.3 is 9.47 Å². The molecule has 0 N–H and O–H groups in total. The smallest absolute Gasteiger partial charge is 0.338 e. The first kappa shape index (κ1) is 31.0. The van der Waals surface area contributed by atoms with E-state index in [1.165, 1.54) is 18.4 Å². The summed E-state index contributed by atoms with van der Waals surface area (Å²) in [7, 11) is 1.35. The standard InChI is InChI=1S/C37H36N4O4S/c1-7-45-29-19-15-24(16-20-29)32-26(22-40(39-32)28-11-9-8-10-12-28)21-30-34(42)41-33(25-13-17-27(18-14-25)37(3,4)5)31(35(43)44-6)23(2)38-36(41)46-30/h8-22,33H,7H2,1-6H3/b30-21-. The van der Waals surface area contributed by atoms with Crippen LogP contribution in [-0.4, -0.2) is 34.0 Å². The summed E-state index contributed by atoms with van der Waals surface area (Å²) in [4.78, 5) is 32.7. The summed E-state index contributed by atoms with van der Waals surface area (Å²) in [5, 5.41) is 4.93. The van der Waals surface area contributed by atoms with Gasteiger partial charge in [0.2, 0.25) is 0 Å². The quantitative estimate of drug-likeness (QED) is 0.207. The molecule has 0 radical (unpaired) electrons. The second-order valence-electron chi connectivity index (χ2n) is 12.1. The van der Waals surface area contributed by atoms with Gasteiger partial charge in [0.05, 0.1) is 41.2 Å². The minimum Gasteiger partial charge on any atom is -0.494 e. The van der Waals surface area contributed by atoms with Crippen molar-refractivity contribution >= 4 is 23.4 Å². The number of benzene rings is 3. The molecule has 0 fully saturated rings. The zero-order valence-corrected chi connectivity index (χ0v) is 27.6. The lowest BCUT2D eigenvalue weighted by atomic mass is 9.85. The van der Waals surface area contributed by atoms with E-state index in [2.05, 4.69) is 32.9 Å². The van der Waals surface area contributed by atoms with Crippen LogP contribution in [-0.2, 0) is 14.9 Å². The van der Waals surface area contributed by atoms with E-state index in [0.717, 1.165) is 39.4 Å². The predicted molar refractivity (Wildman–Crippen MR) is 181 cm³/mol. The first-order valence-corrected chi connectivity index (χ1v) is 16.0. The first-order chi connectivity index (χ1) is 22.1. The Morgan fingerprint density at radius 1 is 1.00 bits per heavy atom. The van der Waals surface area contributed by atoms with E-state index in [1.54, 1.807) is 11.5 Å². The average Bonchev–Trinajstić information content (AvgIpc) is 3.61. The van der Waals surface area contributed by atoms with Crippen molar-refractivity contribution in [2.75, 3.05) is 13.7 Å². The number of fused-ring (bicyclic) bond motifs is 1. The van der Waals surface area contributed by atoms with E-state index in [-0.39, 0.29) is 11.0 Å². The monoisotopic (exact) mass is 632 g/mol. The van der Waals surface area contributed by atoms with Gasteiger partial charge in [0.1, 0.15) is 11.4 Å². The van der Waals surface area contributed by atoms with Gasteiger partial charge >= 0.3 is 5.97 Å². The fraction of sp³-hybridized carbons (Fsp3) is 0.243. The van der Waals surface area contributed by atoms with Gasteiger partial charge in [-0.25, -0.2) is 14.5 Å². The molecule has 0 amide bonds. The van der Waals surface area contributed by atoms with Gasteiger partial charge in [-0.1, -0.05) is 74.6 Å². The van der Waals surface area contributed by atoms with Crippen LogP contribution in [0.1, 0.15) is 57.4 Å². The molecule has 3 heterocycles. The molecule has 46 heavy (non-hydrogen) atoms. The van der Waals surface area contributed by atoms with E-state index in [9.17, 15) is 9.59 Å². The van der Waals surface area contributed by atoms with E-state index in [0.29, 0.717) is 27.2 Å². The van der Waals surface area contributed by atoms with Crippen molar-refractivity contribution in [1.29, 1.82) is 0 Å². The second-order valence-corrected chi connectivity index (χ2v) is 13.1. The van der Waals surface area contributed by atoms with Gasteiger partial charge in [-0.3, -0.25) is 9.36 Å². The van der Waals surface area contributed by atoms with Crippen LogP contribution >= 0.6 is 11.3 Å². The van der Waals surface area contributed by atoms with Crippen molar-refractivity contribution in [2.24, 2.45) is 4.99 Å². The van der Waals surface area contributed by atoms with Gasteiger partial charge in [-0.05, 0) is 72.9 Å². The molecule has 1 aliphatic rings. The summed E-state index contributed by atoms with van der Waals surface area (Å²) in [6.07, 6.45) is 3.78. The molecule has 6 rings (SSSR count). The zero-order valence-electron chi connectivity index (χ0n) is 26.8. The zero-order chi connectivity index (χ0) is 32.6. The molecule has 2 aromatic heterocycles. The molecule has 3 aromatic carbocycles. The Labute approximate surface area is 271 Å². The fourth-order valence-corrected chi connectivity index (χ4v) is 6.66. The van der Waals surface area contributed by atoms with Gasteiger partial charge in [0.25, 0.3) is 5.56 Å². The maximum atomic E-state index is 14.3. The van der Waals surface area contributed by atoms with Crippen LogP contribution in [0.2, 0.25) is 0 Å². The number of aromatic nitrogens is 3. The van der Waals surface area contributed by atoms with Gasteiger partial charge in [0.15, 0.2) is 4.80 Å². The number of para-hydroxylation sites is 1. The molecular formula is C37H36N4O4S. The molecule has 0 saturated carbocycles. The lowest BCUT2D eigenvalue weighted by molar-refractivity contribution is -0.136. The third-order valence-electron chi connectivity index (χ3n) is 8.01. The number of esters is 1. The molecular weight excluding hydrogens is 596 g/mol. The molecule has 0 spiro atoms. The minimum absolute atomic E-state index is 0.0465. The molecule has 1 aliphatic heterocycles. The maximum Gasteiger partial charge on any atom is 0.338 e. The number of ether oxygens (including phenoxy) is 2.